The third-order valence-corrected chi connectivity index (χ3v) is 5.16. The molecular weight excluding hydrogens is 342 g/mol. The van der Waals surface area contributed by atoms with Gasteiger partial charge in [-0.25, -0.2) is 4.98 Å². The summed E-state index contributed by atoms with van der Waals surface area (Å²) in [6.45, 7) is 10.9. The lowest BCUT2D eigenvalue weighted by Gasteiger charge is -2.38. The third-order valence-electron chi connectivity index (χ3n) is 5.16. The SMILES string of the molecule is CCC(C)C.CNC(=O)c1ccc(N2CCN(C3CCNC3=O)CC2)cn1. The van der Waals surface area contributed by atoms with Crippen LogP contribution in [0.3, 0.4) is 0 Å². The van der Waals surface area contributed by atoms with Crippen molar-refractivity contribution in [1.29, 1.82) is 0 Å². The summed E-state index contributed by atoms with van der Waals surface area (Å²) in [7, 11) is 1.59. The average Bonchev–Trinajstić information content (AvgIpc) is 3.14. The highest BCUT2D eigenvalue weighted by molar-refractivity contribution is 5.92. The Morgan fingerprint density at radius 1 is 1.30 bits per heavy atom. The fourth-order valence-corrected chi connectivity index (χ4v) is 3.06. The monoisotopic (exact) mass is 375 g/mol. The first-order chi connectivity index (χ1) is 13.0. The van der Waals surface area contributed by atoms with Crippen LogP contribution in [0.5, 0.6) is 0 Å². The van der Waals surface area contributed by atoms with E-state index in [1.165, 1.54) is 6.42 Å². The van der Waals surface area contributed by atoms with Crippen molar-refractivity contribution in [3.8, 4) is 0 Å². The molecule has 0 aromatic carbocycles. The van der Waals surface area contributed by atoms with Crippen molar-refractivity contribution in [2.24, 2.45) is 5.92 Å². The van der Waals surface area contributed by atoms with Crippen molar-refractivity contribution in [3.05, 3.63) is 24.0 Å². The molecule has 2 amide bonds. The molecule has 1 atom stereocenters. The molecule has 0 radical (unpaired) electrons. The Kier molecular flexibility index (Phi) is 8.03. The standard InChI is InChI=1S/C15H21N5O2.C5H12/c1-16-14(21)12-3-2-11(10-18-12)19-6-8-20(9-7-19)13-4-5-17-15(13)22;1-4-5(2)3/h2-3,10,13H,4-9H2,1H3,(H,16,21)(H,17,22);5H,4H2,1-3H3. The van der Waals surface area contributed by atoms with Crippen LogP contribution < -0.4 is 15.5 Å². The van der Waals surface area contributed by atoms with Crippen LogP contribution in [0.15, 0.2) is 18.3 Å². The summed E-state index contributed by atoms with van der Waals surface area (Å²) in [5, 5.41) is 5.45. The largest absolute Gasteiger partial charge is 0.368 e. The van der Waals surface area contributed by atoms with E-state index in [4.69, 9.17) is 0 Å². The van der Waals surface area contributed by atoms with Crippen molar-refractivity contribution < 1.29 is 9.59 Å². The number of carbonyl (C=O) groups excluding carboxylic acids is 2. The zero-order valence-corrected chi connectivity index (χ0v) is 17.0. The van der Waals surface area contributed by atoms with Crippen LogP contribution in [0.4, 0.5) is 5.69 Å². The van der Waals surface area contributed by atoms with Gasteiger partial charge in [0.15, 0.2) is 0 Å². The summed E-state index contributed by atoms with van der Waals surface area (Å²) in [5.41, 5.74) is 1.44. The second-order valence-electron chi connectivity index (χ2n) is 7.40. The normalized spacial score (nSPS) is 20.1. The molecule has 27 heavy (non-hydrogen) atoms. The molecule has 2 aliphatic rings. The predicted molar refractivity (Wildman–Crippen MR) is 108 cm³/mol. The molecule has 2 aliphatic heterocycles. The topological polar surface area (TPSA) is 77.6 Å². The van der Waals surface area contributed by atoms with Gasteiger partial charge >= 0.3 is 0 Å². The molecule has 2 fully saturated rings. The Balaban J connectivity index is 0.000000465. The number of piperazine rings is 1. The first kappa shape index (κ1) is 21.2. The number of anilines is 1. The van der Waals surface area contributed by atoms with Gasteiger partial charge in [0.05, 0.1) is 17.9 Å². The van der Waals surface area contributed by atoms with Gasteiger partial charge in [-0.15, -0.1) is 0 Å². The van der Waals surface area contributed by atoms with E-state index in [9.17, 15) is 9.59 Å². The molecular formula is C20H33N5O2. The Morgan fingerprint density at radius 2 is 1.96 bits per heavy atom. The van der Waals surface area contributed by atoms with E-state index in [2.05, 4.69) is 46.2 Å². The van der Waals surface area contributed by atoms with Gasteiger partial charge in [0, 0.05) is 39.8 Å². The average molecular weight is 376 g/mol. The molecule has 1 aromatic heterocycles. The third kappa shape index (κ3) is 5.92. The maximum Gasteiger partial charge on any atom is 0.269 e. The lowest BCUT2D eigenvalue weighted by atomic mass is 10.1. The van der Waals surface area contributed by atoms with E-state index in [1.54, 1.807) is 19.3 Å². The number of hydrogen-bond acceptors (Lipinski definition) is 5. The number of pyridine rings is 1. The number of hydrogen-bond donors (Lipinski definition) is 2. The highest BCUT2D eigenvalue weighted by atomic mass is 16.2. The Bertz CT molecular complexity index is 609. The second kappa shape index (κ2) is 10.3. The number of nitrogens with zero attached hydrogens (tertiary/aromatic N) is 3. The molecule has 150 valence electrons. The first-order valence-electron chi connectivity index (χ1n) is 9.91. The Morgan fingerprint density at radius 3 is 2.41 bits per heavy atom. The van der Waals surface area contributed by atoms with E-state index in [0.29, 0.717) is 5.69 Å². The lowest BCUT2D eigenvalue weighted by molar-refractivity contribution is -0.123. The molecule has 2 saturated heterocycles. The first-order valence-corrected chi connectivity index (χ1v) is 9.91. The van der Waals surface area contributed by atoms with Crippen molar-refractivity contribution in [2.75, 3.05) is 44.7 Å². The quantitative estimate of drug-likeness (QED) is 0.834. The molecule has 3 heterocycles. The summed E-state index contributed by atoms with van der Waals surface area (Å²) < 4.78 is 0. The highest BCUT2D eigenvalue weighted by Crippen LogP contribution is 2.18. The van der Waals surface area contributed by atoms with Crippen LogP contribution in [-0.2, 0) is 4.79 Å². The fraction of sp³-hybridized carbons (Fsp3) is 0.650. The maximum absolute atomic E-state index is 11.7. The summed E-state index contributed by atoms with van der Waals surface area (Å²) in [5.74, 6) is 0.865. The predicted octanol–water partition coefficient (Wildman–Crippen LogP) is 1.50. The van der Waals surface area contributed by atoms with Gasteiger partial charge in [-0.2, -0.15) is 0 Å². The van der Waals surface area contributed by atoms with Gasteiger partial charge < -0.3 is 15.5 Å². The zero-order valence-electron chi connectivity index (χ0n) is 17.0. The Hall–Kier alpha value is -2.15. The van der Waals surface area contributed by atoms with Crippen molar-refractivity contribution in [2.45, 2.75) is 39.7 Å². The molecule has 3 rings (SSSR count). The van der Waals surface area contributed by atoms with Gasteiger partial charge in [0.25, 0.3) is 5.91 Å². The second-order valence-corrected chi connectivity index (χ2v) is 7.40. The number of aromatic nitrogens is 1. The summed E-state index contributed by atoms with van der Waals surface area (Å²) >= 11 is 0. The van der Waals surface area contributed by atoms with Crippen molar-refractivity contribution in [1.82, 2.24) is 20.5 Å². The minimum absolute atomic E-state index is 0.0379. The molecule has 1 unspecified atom stereocenters. The van der Waals surface area contributed by atoms with Crippen molar-refractivity contribution >= 4 is 17.5 Å². The Labute approximate surface area is 162 Å². The number of nitrogens with one attached hydrogen (secondary N) is 2. The molecule has 2 N–H and O–H groups in total. The van der Waals surface area contributed by atoms with E-state index in [-0.39, 0.29) is 17.9 Å². The molecule has 0 bridgehead atoms. The van der Waals surface area contributed by atoms with Crippen LogP contribution >= 0.6 is 0 Å². The molecule has 0 aliphatic carbocycles. The molecule has 1 aromatic rings. The van der Waals surface area contributed by atoms with E-state index < -0.39 is 0 Å². The van der Waals surface area contributed by atoms with Crippen LogP contribution in [-0.4, -0.2) is 67.5 Å². The summed E-state index contributed by atoms with van der Waals surface area (Å²) in [6, 6.07) is 3.71. The molecule has 7 heteroatoms. The smallest absolute Gasteiger partial charge is 0.269 e. The summed E-state index contributed by atoms with van der Waals surface area (Å²) in [6.07, 6.45) is 3.95. The number of carbonyl (C=O) groups is 2. The van der Waals surface area contributed by atoms with Gasteiger partial charge in [-0.1, -0.05) is 27.2 Å². The molecule has 0 spiro atoms. The van der Waals surface area contributed by atoms with Gasteiger partial charge in [-0.05, 0) is 24.5 Å². The lowest BCUT2D eigenvalue weighted by Crippen LogP contribution is -2.52. The van der Waals surface area contributed by atoms with E-state index in [0.717, 1.165) is 50.7 Å². The summed E-state index contributed by atoms with van der Waals surface area (Å²) in [4.78, 5) is 31.9. The fourth-order valence-electron chi connectivity index (χ4n) is 3.06. The maximum atomic E-state index is 11.7. The van der Waals surface area contributed by atoms with E-state index in [1.807, 2.05) is 6.07 Å². The van der Waals surface area contributed by atoms with Crippen LogP contribution in [0.25, 0.3) is 0 Å². The van der Waals surface area contributed by atoms with Gasteiger partial charge in [0.1, 0.15) is 5.69 Å². The van der Waals surface area contributed by atoms with Gasteiger partial charge in [0.2, 0.25) is 5.91 Å². The van der Waals surface area contributed by atoms with Crippen LogP contribution in [0.2, 0.25) is 0 Å². The molecule has 0 saturated carbocycles. The van der Waals surface area contributed by atoms with Crippen molar-refractivity contribution in [3.63, 3.8) is 0 Å². The molecule has 7 nitrogen and oxygen atoms in total. The highest BCUT2D eigenvalue weighted by Gasteiger charge is 2.32. The minimum atomic E-state index is -0.177. The zero-order chi connectivity index (χ0) is 19.8. The van der Waals surface area contributed by atoms with Crippen LogP contribution in [0, 0.1) is 5.92 Å². The minimum Gasteiger partial charge on any atom is -0.368 e. The van der Waals surface area contributed by atoms with Gasteiger partial charge in [-0.3, -0.25) is 14.5 Å². The van der Waals surface area contributed by atoms with E-state index >= 15 is 0 Å². The van der Waals surface area contributed by atoms with Crippen LogP contribution in [0.1, 0.15) is 44.1 Å². The number of amides is 2. The number of rotatable bonds is 4.